The third-order valence-electron chi connectivity index (χ3n) is 4.88. The molecule has 1 aliphatic rings. The highest BCUT2D eigenvalue weighted by atomic mass is 16.2. The van der Waals surface area contributed by atoms with E-state index in [1.54, 1.807) is 37.9 Å². The highest BCUT2D eigenvalue weighted by Crippen LogP contribution is 2.36. The molecule has 3 N–H and O–H groups in total. The number of nitrogens with one attached hydrogen (secondary N) is 3. The normalized spacial score (nSPS) is 14.2. The number of nitrogens with zero attached hydrogens (tertiary/aromatic N) is 4. The molecule has 152 valence electrons. The van der Waals surface area contributed by atoms with Crippen molar-refractivity contribution in [1.82, 2.24) is 25.1 Å². The summed E-state index contributed by atoms with van der Waals surface area (Å²) in [4.78, 5) is 32.8. The van der Waals surface area contributed by atoms with Crippen molar-refractivity contribution < 1.29 is 9.59 Å². The number of anilines is 2. The average Bonchev–Trinajstić information content (AvgIpc) is 3.30. The van der Waals surface area contributed by atoms with Gasteiger partial charge in [-0.05, 0) is 31.5 Å². The number of aromatic nitrogens is 4. The van der Waals surface area contributed by atoms with E-state index < -0.39 is 0 Å². The Morgan fingerprint density at radius 2 is 2.07 bits per heavy atom. The molecule has 30 heavy (non-hydrogen) atoms. The predicted molar refractivity (Wildman–Crippen MR) is 113 cm³/mol. The Bertz CT molecular complexity index is 1180. The zero-order valence-corrected chi connectivity index (χ0v) is 16.9. The molecule has 4 rings (SSSR count). The van der Waals surface area contributed by atoms with Gasteiger partial charge in [0.05, 0.1) is 23.2 Å². The maximum atomic E-state index is 12.6. The van der Waals surface area contributed by atoms with Crippen molar-refractivity contribution in [2.75, 3.05) is 17.7 Å². The van der Waals surface area contributed by atoms with Crippen molar-refractivity contribution in [2.24, 2.45) is 0 Å². The molecule has 9 heteroatoms. The second kappa shape index (κ2) is 7.78. The fourth-order valence-corrected chi connectivity index (χ4v) is 3.32. The van der Waals surface area contributed by atoms with Gasteiger partial charge in [0.25, 0.3) is 5.91 Å². The van der Waals surface area contributed by atoms with Crippen molar-refractivity contribution >= 4 is 28.9 Å². The summed E-state index contributed by atoms with van der Waals surface area (Å²) in [6.07, 6.45) is 6.86. The second-order valence-corrected chi connectivity index (χ2v) is 6.96. The summed E-state index contributed by atoms with van der Waals surface area (Å²) in [5, 5.41) is 12.9. The first-order valence-corrected chi connectivity index (χ1v) is 9.41. The highest BCUT2D eigenvalue weighted by Gasteiger charge is 2.27. The molecule has 0 saturated heterocycles. The van der Waals surface area contributed by atoms with Crippen LogP contribution in [0.1, 0.15) is 18.1 Å². The van der Waals surface area contributed by atoms with E-state index in [0.717, 1.165) is 22.4 Å². The van der Waals surface area contributed by atoms with Gasteiger partial charge >= 0.3 is 0 Å². The number of fused-ring (bicyclic) bond motifs is 1. The maximum absolute atomic E-state index is 12.6. The number of aryl methyl sites for hydroxylation is 1. The molecular formula is C21H21N7O2. The molecule has 0 atom stereocenters. The van der Waals surface area contributed by atoms with E-state index in [-0.39, 0.29) is 18.4 Å². The van der Waals surface area contributed by atoms with E-state index in [1.807, 2.05) is 26.0 Å². The van der Waals surface area contributed by atoms with Crippen LogP contribution in [0.2, 0.25) is 0 Å². The number of likely N-dealkylation sites (N-methyl/N-ethyl adjacent to an activating group) is 1. The summed E-state index contributed by atoms with van der Waals surface area (Å²) in [6, 6.07) is 5.56. The van der Waals surface area contributed by atoms with Crippen LogP contribution in [0.15, 0.2) is 48.7 Å². The lowest BCUT2D eigenvalue weighted by molar-refractivity contribution is -0.121. The first-order valence-electron chi connectivity index (χ1n) is 9.41. The zero-order valence-electron chi connectivity index (χ0n) is 16.9. The average molecular weight is 403 g/mol. The van der Waals surface area contributed by atoms with Crippen molar-refractivity contribution in [2.45, 2.75) is 20.4 Å². The van der Waals surface area contributed by atoms with Crippen molar-refractivity contribution in [3.63, 3.8) is 0 Å². The monoisotopic (exact) mass is 403 g/mol. The van der Waals surface area contributed by atoms with Crippen LogP contribution in [0.3, 0.4) is 0 Å². The minimum absolute atomic E-state index is 0.122. The van der Waals surface area contributed by atoms with Gasteiger partial charge in [-0.25, -0.2) is 0 Å². The molecule has 3 aromatic heterocycles. The van der Waals surface area contributed by atoms with Crippen LogP contribution in [-0.4, -0.2) is 38.6 Å². The van der Waals surface area contributed by atoms with E-state index in [2.05, 4.69) is 31.0 Å². The summed E-state index contributed by atoms with van der Waals surface area (Å²) in [7, 11) is 1.58. The van der Waals surface area contributed by atoms with Crippen LogP contribution in [-0.2, 0) is 16.1 Å². The topological polar surface area (TPSA) is 114 Å². The second-order valence-electron chi connectivity index (χ2n) is 6.96. The predicted octanol–water partition coefficient (Wildman–Crippen LogP) is 2.19. The molecule has 4 heterocycles. The van der Waals surface area contributed by atoms with Crippen LogP contribution >= 0.6 is 0 Å². The van der Waals surface area contributed by atoms with Crippen LogP contribution < -0.4 is 16.0 Å². The summed E-state index contributed by atoms with van der Waals surface area (Å²) in [5.41, 5.74) is 5.31. The Labute approximate surface area is 173 Å². The molecule has 3 aromatic rings. The van der Waals surface area contributed by atoms with Gasteiger partial charge in [-0.2, -0.15) is 5.10 Å². The molecule has 0 radical (unpaired) electrons. The summed E-state index contributed by atoms with van der Waals surface area (Å²) < 4.78 is 1.52. The third-order valence-corrected chi connectivity index (χ3v) is 4.88. The molecule has 0 bridgehead atoms. The Kier molecular flexibility index (Phi) is 5.01. The Morgan fingerprint density at radius 1 is 1.23 bits per heavy atom. The van der Waals surface area contributed by atoms with Crippen LogP contribution in [0.25, 0.3) is 16.8 Å². The number of carbonyl (C=O) groups is 2. The number of amides is 2. The molecule has 0 fully saturated rings. The highest BCUT2D eigenvalue weighted by molar-refractivity contribution is 6.32. The van der Waals surface area contributed by atoms with Gasteiger partial charge in [-0.1, -0.05) is 0 Å². The molecule has 0 aliphatic carbocycles. The quantitative estimate of drug-likeness (QED) is 0.563. The lowest BCUT2D eigenvalue weighted by atomic mass is 10.0. The largest absolute Gasteiger partial charge is 0.358 e. The molecule has 1 aliphatic heterocycles. The van der Waals surface area contributed by atoms with E-state index in [1.165, 1.54) is 4.68 Å². The van der Waals surface area contributed by atoms with Crippen molar-refractivity contribution in [3.05, 3.63) is 59.8 Å². The number of hydrogen-bond donors (Lipinski definition) is 3. The minimum atomic E-state index is -0.207. The van der Waals surface area contributed by atoms with Gasteiger partial charge in [0.15, 0.2) is 5.82 Å². The van der Waals surface area contributed by atoms with E-state index >= 15 is 0 Å². The first kappa shape index (κ1) is 19.3. The number of rotatable bonds is 5. The molecule has 9 nitrogen and oxygen atoms in total. The van der Waals surface area contributed by atoms with Crippen LogP contribution in [0, 0.1) is 6.92 Å². The van der Waals surface area contributed by atoms with Gasteiger partial charge in [0.2, 0.25) is 5.91 Å². The SMILES string of the molecule is CNC(=O)Cn1ccc(N/C(C)=C2\C(=O)Nc3cnc(-c4cnccc4C)cc32)n1. The minimum Gasteiger partial charge on any atom is -0.358 e. The lowest BCUT2D eigenvalue weighted by Gasteiger charge is -2.09. The number of pyridine rings is 2. The summed E-state index contributed by atoms with van der Waals surface area (Å²) in [5.74, 6) is 0.193. The van der Waals surface area contributed by atoms with Crippen molar-refractivity contribution in [3.8, 4) is 11.3 Å². The number of hydrogen-bond acceptors (Lipinski definition) is 6. The van der Waals surface area contributed by atoms with Crippen LogP contribution in [0.4, 0.5) is 11.5 Å². The number of carbonyl (C=O) groups excluding carboxylic acids is 2. The standard InChI is InChI=1S/C21H21N7O2/c1-12-4-6-23-9-15(12)16-8-14-17(10-24-16)26-21(30)20(14)13(2)25-18-5-7-28(27-18)11-19(29)22-3/h4-10H,11H2,1-3H3,(H,22,29)(H,25,27)(H,26,30)/b20-13-. The maximum Gasteiger partial charge on any atom is 0.258 e. The van der Waals surface area contributed by atoms with E-state index in [4.69, 9.17) is 0 Å². The zero-order chi connectivity index (χ0) is 21.3. The van der Waals surface area contributed by atoms with Gasteiger partial charge < -0.3 is 16.0 Å². The summed E-state index contributed by atoms with van der Waals surface area (Å²) in [6.45, 7) is 3.93. The lowest BCUT2D eigenvalue weighted by Crippen LogP contribution is -2.23. The molecule has 0 aromatic carbocycles. The Balaban J connectivity index is 1.66. The van der Waals surface area contributed by atoms with Gasteiger partial charge in [0.1, 0.15) is 6.54 Å². The van der Waals surface area contributed by atoms with Crippen molar-refractivity contribution in [1.29, 1.82) is 0 Å². The first-order chi connectivity index (χ1) is 14.5. The van der Waals surface area contributed by atoms with Gasteiger partial charge in [-0.3, -0.25) is 24.2 Å². The fraction of sp³-hybridized carbons (Fsp3) is 0.190. The summed E-state index contributed by atoms with van der Waals surface area (Å²) >= 11 is 0. The fourth-order valence-electron chi connectivity index (χ4n) is 3.32. The molecule has 0 unspecified atom stereocenters. The molecule has 0 spiro atoms. The molecule has 2 amide bonds. The van der Waals surface area contributed by atoms with E-state index in [0.29, 0.717) is 22.8 Å². The molecule has 0 saturated carbocycles. The molecular weight excluding hydrogens is 382 g/mol. The number of allylic oxidation sites excluding steroid dienone is 1. The third kappa shape index (κ3) is 3.64. The van der Waals surface area contributed by atoms with E-state index in [9.17, 15) is 9.59 Å². The van der Waals surface area contributed by atoms with Gasteiger partial charge in [0, 0.05) is 48.5 Å². The Hall–Kier alpha value is -4.01. The van der Waals surface area contributed by atoms with Crippen LogP contribution in [0.5, 0.6) is 0 Å². The smallest absolute Gasteiger partial charge is 0.258 e. The Morgan fingerprint density at radius 3 is 2.83 bits per heavy atom. The van der Waals surface area contributed by atoms with Gasteiger partial charge in [-0.15, -0.1) is 0 Å².